The first-order valence-corrected chi connectivity index (χ1v) is 5.72. The summed E-state index contributed by atoms with van der Waals surface area (Å²) >= 11 is 5.60. The van der Waals surface area contributed by atoms with Crippen LogP contribution in [0.5, 0.6) is 0 Å². The first kappa shape index (κ1) is 13.4. The van der Waals surface area contributed by atoms with Gasteiger partial charge in [-0.25, -0.2) is 4.39 Å². The van der Waals surface area contributed by atoms with Crippen LogP contribution < -0.4 is 0 Å². The van der Waals surface area contributed by atoms with E-state index in [2.05, 4.69) is 0 Å². The molecular formula is C12H16ClFO2. The first-order chi connectivity index (χ1) is 7.67. The molecule has 0 spiro atoms. The van der Waals surface area contributed by atoms with E-state index in [1.807, 2.05) is 13.8 Å². The van der Waals surface area contributed by atoms with Crippen molar-refractivity contribution in [2.45, 2.75) is 26.6 Å². The van der Waals surface area contributed by atoms with Crippen molar-refractivity contribution in [3.8, 4) is 0 Å². The van der Waals surface area contributed by atoms with Gasteiger partial charge in [0.2, 0.25) is 0 Å². The number of halogens is 2. The fourth-order valence-electron chi connectivity index (χ4n) is 1.40. The number of benzene rings is 1. The second-order valence-corrected chi connectivity index (χ2v) is 3.70. The molecule has 1 rings (SSSR count). The molecule has 0 saturated heterocycles. The molecule has 1 aromatic rings. The molecule has 0 amide bonds. The van der Waals surface area contributed by atoms with Gasteiger partial charge in [0.25, 0.3) is 0 Å². The van der Waals surface area contributed by atoms with Gasteiger partial charge in [0.05, 0.1) is 5.02 Å². The molecule has 0 aliphatic heterocycles. The Kier molecular flexibility index (Phi) is 5.74. The maximum absolute atomic E-state index is 13.2. The number of hydrogen-bond donors (Lipinski definition) is 0. The molecule has 0 aromatic heterocycles. The van der Waals surface area contributed by atoms with Gasteiger partial charge in [-0.05, 0) is 31.5 Å². The van der Waals surface area contributed by atoms with E-state index in [4.69, 9.17) is 21.1 Å². The van der Waals surface area contributed by atoms with Gasteiger partial charge in [-0.2, -0.15) is 0 Å². The monoisotopic (exact) mass is 246 g/mol. The van der Waals surface area contributed by atoms with E-state index in [0.717, 1.165) is 5.56 Å². The third-order valence-electron chi connectivity index (χ3n) is 2.09. The van der Waals surface area contributed by atoms with Crippen LogP contribution in [-0.2, 0) is 15.9 Å². The third-order valence-corrected chi connectivity index (χ3v) is 2.40. The smallest absolute Gasteiger partial charge is 0.161 e. The molecule has 16 heavy (non-hydrogen) atoms. The van der Waals surface area contributed by atoms with Crippen LogP contribution in [-0.4, -0.2) is 19.5 Å². The quantitative estimate of drug-likeness (QED) is 0.716. The molecule has 0 bridgehead atoms. The van der Waals surface area contributed by atoms with E-state index in [0.29, 0.717) is 19.6 Å². The summed E-state index contributed by atoms with van der Waals surface area (Å²) < 4.78 is 23.9. The van der Waals surface area contributed by atoms with Gasteiger partial charge in [0.1, 0.15) is 5.82 Å². The fraction of sp³-hybridized carbons (Fsp3) is 0.500. The normalized spacial score (nSPS) is 11.1. The number of hydrogen-bond acceptors (Lipinski definition) is 2. The molecule has 0 saturated carbocycles. The van der Waals surface area contributed by atoms with Crippen LogP contribution in [0.1, 0.15) is 19.4 Å². The molecule has 90 valence electrons. The minimum absolute atomic E-state index is 0.133. The summed E-state index contributed by atoms with van der Waals surface area (Å²) in [6.45, 7) is 4.93. The molecule has 1 aromatic carbocycles. The van der Waals surface area contributed by atoms with E-state index >= 15 is 0 Å². The SMILES string of the molecule is CCOC(Cc1ccc(Cl)c(F)c1)OCC. The van der Waals surface area contributed by atoms with Gasteiger partial charge in [0.15, 0.2) is 6.29 Å². The Morgan fingerprint density at radius 3 is 2.38 bits per heavy atom. The molecule has 0 aliphatic carbocycles. The zero-order valence-corrected chi connectivity index (χ0v) is 10.3. The van der Waals surface area contributed by atoms with Gasteiger partial charge in [-0.1, -0.05) is 17.7 Å². The Bertz CT molecular complexity index is 325. The van der Waals surface area contributed by atoms with Crippen LogP contribution in [0.2, 0.25) is 5.02 Å². The zero-order valence-electron chi connectivity index (χ0n) is 9.50. The zero-order chi connectivity index (χ0) is 12.0. The third kappa shape index (κ3) is 4.08. The fourth-order valence-corrected chi connectivity index (χ4v) is 1.51. The summed E-state index contributed by atoms with van der Waals surface area (Å²) in [6.07, 6.45) is 0.200. The summed E-state index contributed by atoms with van der Waals surface area (Å²) in [7, 11) is 0. The van der Waals surface area contributed by atoms with Crippen LogP contribution in [0.25, 0.3) is 0 Å². The number of rotatable bonds is 6. The van der Waals surface area contributed by atoms with Crippen LogP contribution in [0.4, 0.5) is 4.39 Å². The topological polar surface area (TPSA) is 18.5 Å². The minimum Gasteiger partial charge on any atom is -0.353 e. The summed E-state index contributed by atoms with van der Waals surface area (Å²) in [6, 6.07) is 4.73. The Labute approximate surface area is 100 Å². The highest BCUT2D eigenvalue weighted by atomic mass is 35.5. The van der Waals surface area contributed by atoms with E-state index in [1.165, 1.54) is 6.07 Å². The van der Waals surface area contributed by atoms with Gasteiger partial charge in [0, 0.05) is 19.6 Å². The van der Waals surface area contributed by atoms with E-state index < -0.39 is 5.82 Å². The highest BCUT2D eigenvalue weighted by Crippen LogP contribution is 2.17. The van der Waals surface area contributed by atoms with E-state index in [9.17, 15) is 4.39 Å². The summed E-state index contributed by atoms with van der Waals surface area (Å²) in [5.41, 5.74) is 0.814. The Hall–Kier alpha value is -0.640. The summed E-state index contributed by atoms with van der Waals surface area (Å²) in [5, 5.41) is 0.133. The molecule has 0 fully saturated rings. The van der Waals surface area contributed by atoms with Crippen LogP contribution in [0.15, 0.2) is 18.2 Å². The van der Waals surface area contributed by atoms with Crippen molar-refractivity contribution in [2.75, 3.05) is 13.2 Å². The standard InChI is InChI=1S/C12H16ClFO2/c1-3-15-12(16-4-2)8-9-5-6-10(13)11(14)7-9/h5-7,12H,3-4,8H2,1-2H3. The van der Waals surface area contributed by atoms with Crippen molar-refractivity contribution in [2.24, 2.45) is 0 Å². The lowest BCUT2D eigenvalue weighted by Gasteiger charge is -2.16. The van der Waals surface area contributed by atoms with Crippen molar-refractivity contribution < 1.29 is 13.9 Å². The highest BCUT2D eigenvalue weighted by Gasteiger charge is 2.10. The van der Waals surface area contributed by atoms with E-state index in [1.54, 1.807) is 12.1 Å². The second kappa shape index (κ2) is 6.84. The average Bonchev–Trinajstić information content (AvgIpc) is 2.24. The molecule has 0 unspecified atom stereocenters. The lowest BCUT2D eigenvalue weighted by Crippen LogP contribution is -2.20. The molecule has 0 radical (unpaired) electrons. The molecule has 2 nitrogen and oxygen atoms in total. The molecule has 0 aliphatic rings. The average molecular weight is 247 g/mol. The van der Waals surface area contributed by atoms with Crippen molar-refractivity contribution in [3.63, 3.8) is 0 Å². The Balaban J connectivity index is 2.65. The van der Waals surface area contributed by atoms with E-state index in [-0.39, 0.29) is 11.3 Å². The van der Waals surface area contributed by atoms with Crippen molar-refractivity contribution in [3.05, 3.63) is 34.6 Å². The first-order valence-electron chi connectivity index (χ1n) is 5.34. The maximum atomic E-state index is 13.2. The van der Waals surface area contributed by atoms with Crippen molar-refractivity contribution in [1.82, 2.24) is 0 Å². The van der Waals surface area contributed by atoms with Crippen LogP contribution >= 0.6 is 11.6 Å². The predicted octanol–water partition coefficient (Wildman–Crippen LogP) is 3.42. The summed E-state index contributed by atoms with van der Waals surface area (Å²) in [4.78, 5) is 0. The molecule has 0 heterocycles. The number of ether oxygens (including phenoxy) is 2. The van der Waals surface area contributed by atoms with Crippen LogP contribution in [0, 0.1) is 5.82 Å². The van der Waals surface area contributed by atoms with Crippen molar-refractivity contribution in [1.29, 1.82) is 0 Å². The van der Waals surface area contributed by atoms with Crippen molar-refractivity contribution >= 4 is 11.6 Å². The minimum atomic E-state index is -0.411. The Morgan fingerprint density at radius 2 is 1.88 bits per heavy atom. The summed E-state index contributed by atoms with van der Waals surface area (Å²) in [5.74, 6) is -0.411. The Morgan fingerprint density at radius 1 is 1.25 bits per heavy atom. The van der Waals surface area contributed by atoms with Gasteiger partial charge >= 0.3 is 0 Å². The lowest BCUT2D eigenvalue weighted by molar-refractivity contribution is -0.134. The molecule has 0 N–H and O–H groups in total. The van der Waals surface area contributed by atoms with Gasteiger partial charge in [-0.3, -0.25) is 0 Å². The van der Waals surface area contributed by atoms with Crippen LogP contribution in [0.3, 0.4) is 0 Å². The lowest BCUT2D eigenvalue weighted by atomic mass is 10.1. The maximum Gasteiger partial charge on any atom is 0.161 e. The van der Waals surface area contributed by atoms with Gasteiger partial charge in [-0.15, -0.1) is 0 Å². The van der Waals surface area contributed by atoms with Gasteiger partial charge < -0.3 is 9.47 Å². The molecule has 0 atom stereocenters. The highest BCUT2D eigenvalue weighted by molar-refractivity contribution is 6.30. The molecular weight excluding hydrogens is 231 g/mol. The second-order valence-electron chi connectivity index (χ2n) is 3.29. The molecule has 4 heteroatoms. The largest absolute Gasteiger partial charge is 0.353 e. The predicted molar refractivity (Wildman–Crippen MR) is 62.2 cm³/mol.